The molecule has 0 aliphatic carbocycles. The summed E-state index contributed by atoms with van der Waals surface area (Å²) in [5.74, 6) is 0. The summed E-state index contributed by atoms with van der Waals surface area (Å²) in [7, 11) is -3.56. The summed E-state index contributed by atoms with van der Waals surface area (Å²) in [6.45, 7) is 4.39. The molecule has 1 heterocycles. The highest BCUT2D eigenvalue weighted by atomic mass is 32.2. The van der Waals surface area contributed by atoms with Crippen LogP contribution in [0.5, 0.6) is 0 Å². The average molecular weight is 265 g/mol. The summed E-state index contributed by atoms with van der Waals surface area (Å²) in [6, 6.07) is 7.24. The third kappa shape index (κ3) is 2.53. The zero-order valence-corrected chi connectivity index (χ0v) is 11.1. The molecule has 0 aliphatic heterocycles. The lowest BCUT2D eigenvalue weighted by molar-refractivity contribution is 0.600. The number of benzene rings is 1. The molecule has 0 fully saturated rings. The van der Waals surface area contributed by atoms with E-state index < -0.39 is 10.0 Å². The molecule has 6 heteroatoms. The zero-order valence-electron chi connectivity index (χ0n) is 10.3. The van der Waals surface area contributed by atoms with Gasteiger partial charge in [0.2, 0.25) is 0 Å². The molecule has 0 saturated carbocycles. The maximum atomic E-state index is 12.1. The Morgan fingerprint density at radius 2 is 2.06 bits per heavy atom. The first-order valence-electron chi connectivity index (χ1n) is 5.64. The lowest BCUT2D eigenvalue weighted by Gasteiger charge is -2.08. The van der Waals surface area contributed by atoms with Crippen LogP contribution in [0.4, 0.5) is 5.69 Å². The second-order valence-electron chi connectivity index (χ2n) is 3.95. The van der Waals surface area contributed by atoms with E-state index in [-0.39, 0.29) is 4.90 Å². The van der Waals surface area contributed by atoms with Gasteiger partial charge >= 0.3 is 0 Å². The molecule has 0 amide bonds. The van der Waals surface area contributed by atoms with Crippen LogP contribution in [-0.4, -0.2) is 18.2 Å². The smallest absolute Gasteiger partial charge is 0.265 e. The fourth-order valence-corrected chi connectivity index (χ4v) is 2.63. The Bertz CT molecular complexity index is 647. The van der Waals surface area contributed by atoms with Crippen LogP contribution in [0, 0.1) is 6.92 Å². The van der Waals surface area contributed by atoms with E-state index in [1.807, 2.05) is 26.0 Å². The van der Waals surface area contributed by atoms with Crippen molar-refractivity contribution in [3.63, 3.8) is 0 Å². The minimum atomic E-state index is -3.56. The summed E-state index contributed by atoms with van der Waals surface area (Å²) < 4.78 is 28.4. The average Bonchev–Trinajstić information content (AvgIpc) is 2.81. The molecule has 2 rings (SSSR count). The number of anilines is 1. The van der Waals surface area contributed by atoms with E-state index in [2.05, 4.69) is 9.82 Å². The second kappa shape index (κ2) is 4.81. The van der Waals surface area contributed by atoms with E-state index in [1.54, 1.807) is 16.8 Å². The Labute approximate surface area is 107 Å². The van der Waals surface area contributed by atoms with Crippen LogP contribution in [0.2, 0.25) is 0 Å². The van der Waals surface area contributed by atoms with Crippen LogP contribution in [0.25, 0.3) is 0 Å². The predicted molar refractivity (Wildman–Crippen MR) is 69.9 cm³/mol. The van der Waals surface area contributed by atoms with Crippen LogP contribution in [-0.2, 0) is 16.6 Å². The number of hydrogen-bond acceptors (Lipinski definition) is 3. The van der Waals surface area contributed by atoms with Crippen molar-refractivity contribution >= 4 is 15.7 Å². The van der Waals surface area contributed by atoms with Gasteiger partial charge in [0.25, 0.3) is 10.0 Å². The number of nitrogens with one attached hydrogen (secondary N) is 1. The van der Waals surface area contributed by atoms with Crippen molar-refractivity contribution in [3.05, 3.63) is 42.2 Å². The van der Waals surface area contributed by atoms with Gasteiger partial charge in [-0.3, -0.25) is 9.40 Å². The molecule has 1 aromatic heterocycles. The predicted octanol–water partition coefficient (Wildman–Crippen LogP) is 2.01. The first kappa shape index (κ1) is 12.6. The Morgan fingerprint density at radius 3 is 2.67 bits per heavy atom. The van der Waals surface area contributed by atoms with Gasteiger partial charge in [-0.1, -0.05) is 18.2 Å². The van der Waals surface area contributed by atoms with Crippen molar-refractivity contribution in [1.82, 2.24) is 9.78 Å². The Balaban J connectivity index is 2.30. The molecular weight excluding hydrogens is 250 g/mol. The van der Waals surface area contributed by atoms with Crippen LogP contribution >= 0.6 is 0 Å². The highest BCUT2D eigenvalue weighted by Crippen LogP contribution is 2.18. The molecule has 1 aromatic carbocycles. The molecule has 0 saturated heterocycles. The molecule has 0 unspecified atom stereocenters. The lowest BCUT2D eigenvalue weighted by atomic mass is 10.2. The van der Waals surface area contributed by atoms with Gasteiger partial charge in [-0.15, -0.1) is 0 Å². The SMILES string of the molecule is CCn1cc(S(=O)(=O)Nc2ccccc2C)cn1. The number of aryl methyl sites for hydroxylation is 2. The number of rotatable bonds is 4. The molecule has 0 radical (unpaired) electrons. The monoisotopic (exact) mass is 265 g/mol. The van der Waals surface area contributed by atoms with E-state index in [1.165, 1.54) is 12.4 Å². The highest BCUT2D eigenvalue weighted by molar-refractivity contribution is 7.92. The van der Waals surface area contributed by atoms with Crippen LogP contribution in [0.15, 0.2) is 41.6 Å². The standard InChI is InChI=1S/C12H15N3O2S/c1-3-15-9-11(8-13-15)18(16,17)14-12-7-5-4-6-10(12)2/h4-9,14H,3H2,1-2H3. The van der Waals surface area contributed by atoms with Gasteiger partial charge in [0, 0.05) is 12.7 Å². The quantitative estimate of drug-likeness (QED) is 0.919. The van der Waals surface area contributed by atoms with E-state index >= 15 is 0 Å². The summed E-state index contributed by atoms with van der Waals surface area (Å²) in [4.78, 5) is 0.174. The van der Waals surface area contributed by atoms with Gasteiger partial charge in [-0.05, 0) is 25.5 Å². The molecule has 1 N–H and O–H groups in total. The number of hydrogen-bond donors (Lipinski definition) is 1. The summed E-state index contributed by atoms with van der Waals surface area (Å²) >= 11 is 0. The molecule has 0 aliphatic rings. The highest BCUT2D eigenvalue weighted by Gasteiger charge is 2.16. The minimum absolute atomic E-state index is 0.174. The van der Waals surface area contributed by atoms with Gasteiger partial charge in [-0.25, -0.2) is 8.42 Å². The van der Waals surface area contributed by atoms with E-state index in [0.29, 0.717) is 12.2 Å². The van der Waals surface area contributed by atoms with Crippen LogP contribution < -0.4 is 4.72 Å². The van der Waals surface area contributed by atoms with Crippen LogP contribution in [0.3, 0.4) is 0 Å². The Morgan fingerprint density at radius 1 is 1.33 bits per heavy atom. The third-order valence-electron chi connectivity index (χ3n) is 2.63. The van der Waals surface area contributed by atoms with Crippen molar-refractivity contribution < 1.29 is 8.42 Å². The number of sulfonamides is 1. The lowest BCUT2D eigenvalue weighted by Crippen LogP contribution is -2.13. The topological polar surface area (TPSA) is 64.0 Å². The van der Waals surface area contributed by atoms with Gasteiger partial charge in [0.15, 0.2) is 0 Å². The fraction of sp³-hybridized carbons (Fsp3) is 0.250. The van der Waals surface area contributed by atoms with Crippen molar-refractivity contribution in [3.8, 4) is 0 Å². The maximum Gasteiger partial charge on any atom is 0.265 e. The molecule has 0 spiro atoms. The number of nitrogens with zero attached hydrogens (tertiary/aromatic N) is 2. The normalized spacial score (nSPS) is 11.4. The van der Waals surface area contributed by atoms with Crippen molar-refractivity contribution in [2.45, 2.75) is 25.3 Å². The molecule has 18 heavy (non-hydrogen) atoms. The summed E-state index contributed by atoms with van der Waals surface area (Å²) in [5, 5.41) is 3.96. The zero-order chi connectivity index (χ0) is 13.2. The Hall–Kier alpha value is -1.82. The summed E-state index contributed by atoms with van der Waals surface area (Å²) in [5.41, 5.74) is 1.46. The maximum absolute atomic E-state index is 12.1. The minimum Gasteiger partial charge on any atom is -0.279 e. The molecule has 0 atom stereocenters. The second-order valence-corrected chi connectivity index (χ2v) is 5.63. The molecule has 5 nitrogen and oxygen atoms in total. The molecule has 0 bridgehead atoms. The van der Waals surface area contributed by atoms with Crippen molar-refractivity contribution in [2.75, 3.05) is 4.72 Å². The molecular formula is C12H15N3O2S. The van der Waals surface area contributed by atoms with Gasteiger partial charge in [-0.2, -0.15) is 5.10 Å². The molecule has 96 valence electrons. The Kier molecular flexibility index (Phi) is 3.38. The number of aromatic nitrogens is 2. The largest absolute Gasteiger partial charge is 0.279 e. The van der Waals surface area contributed by atoms with E-state index in [0.717, 1.165) is 5.56 Å². The van der Waals surface area contributed by atoms with Gasteiger partial charge in [0.05, 0.1) is 11.9 Å². The fourth-order valence-electron chi connectivity index (χ4n) is 1.55. The number of para-hydroxylation sites is 1. The van der Waals surface area contributed by atoms with Crippen molar-refractivity contribution in [2.24, 2.45) is 0 Å². The van der Waals surface area contributed by atoms with Gasteiger partial charge < -0.3 is 0 Å². The molecule has 2 aromatic rings. The van der Waals surface area contributed by atoms with E-state index in [4.69, 9.17) is 0 Å². The van der Waals surface area contributed by atoms with Crippen LogP contribution in [0.1, 0.15) is 12.5 Å². The van der Waals surface area contributed by atoms with Crippen molar-refractivity contribution in [1.29, 1.82) is 0 Å². The van der Waals surface area contributed by atoms with E-state index in [9.17, 15) is 8.42 Å². The first-order chi connectivity index (χ1) is 8.53. The summed E-state index contributed by atoms with van der Waals surface area (Å²) in [6.07, 6.45) is 2.87. The third-order valence-corrected chi connectivity index (χ3v) is 3.95. The van der Waals surface area contributed by atoms with Gasteiger partial charge in [0.1, 0.15) is 4.90 Å². The first-order valence-corrected chi connectivity index (χ1v) is 7.12.